The molecule has 1 aromatic heterocycles. The molecule has 0 aliphatic rings. The molecule has 0 aromatic carbocycles. The zero-order valence-electron chi connectivity index (χ0n) is 6.91. The van der Waals surface area contributed by atoms with Crippen LogP contribution in [-0.2, 0) is 6.18 Å². The van der Waals surface area contributed by atoms with Crippen LogP contribution in [0.25, 0.3) is 0 Å². The Morgan fingerprint density at radius 1 is 1.50 bits per heavy atom. The first-order valence-corrected chi connectivity index (χ1v) is 4.48. The van der Waals surface area contributed by atoms with E-state index in [0.717, 1.165) is 13.3 Å². The smallest absolute Gasteiger partial charge is 0.425 e. The Kier molecular flexibility index (Phi) is 3.07. The maximum absolute atomic E-state index is 12.4. The van der Waals surface area contributed by atoms with E-state index in [1.165, 1.54) is 22.6 Å². The van der Waals surface area contributed by atoms with Gasteiger partial charge in [-0.25, -0.2) is 0 Å². The molecule has 0 unspecified atom stereocenters. The van der Waals surface area contributed by atoms with Crippen LogP contribution >= 0.6 is 22.6 Å². The predicted octanol–water partition coefficient (Wildman–Crippen LogP) is 2.01. The Morgan fingerprint density at radius 2 is 2.07 bits per heavy atom. The first-order chi connectivity index (χ1) is 6.38. The molecule has 0 saturated heterocycles. The molecule has 1 rings (SSSR count). The molecule has 0 aliphatic heterocycles. The molecule has 0 radical (unpaired) electrons. The number of alkyl halides is 3. The van der Waals surface area contributed by atoms with Crippen LogP contribution in [0.4, 0.5) is 13.2 Å². The maximum atomic E-state index is 12.4. The zero-order valence-corrected chi connectivity index (χ0v) is 9.06. The molecule has 1 N–H and O–H groups in total. The van der Waals surface area contributed by atoms with Gasteiger partial charge in [-0.1, -0.05) is 0 Å². The molecule has 7 heteroatoms. The van der Waals surface area contributed by atoms with Crippen molar-refractivity contribution in [2.24, 2.45) is 0 Å². The van der Waals surface area contributed by atoms with E-state index in [-0.39, 0.29) is 3.57 Å². The molecular weight excluding hydrogens is 314 g/mol. The number of halogens is 4. The number of nitrogens with one attached hydrogen (secondary N) is 1. The second kappa shape index (κ2) is 3.79. The SMILES string of the molecule is COc1[nH]cc(I)c(=O)c1C(F)(F)F. The highest BCUT2D eigenvalue weighted by atomic mass is 127. The molecule has 0 atom stereocenters. The summed E-state index contributed by atoms with van der Waals surface area (Å²) < 4.78 is 41.5. The third kappa shape index (κ3) is 2.02. The molecule has 0 spiro atoms. The molecule has 0 amide bonds. The second-order valence-corrected chi connectivity index (χ2v) is 3.53. The molecule has 0 fully saturated rings. The normalized spacial score (nSPS) is 11.5. The number of hydrogen-bond acceptors (Lipinski definition) is 2. The van der Waals surface area contributed by atoms with Crippen LogP contribution in [0, 0.1) is 3.57 Å². The van der Waals surface area contributed by atoms with Crippen molar-refractivity contribution in [1.82, 2.24) is 4.98 Å². The summed E-state index contributed by atoms with van der Waals surface area (Å²) in [6.45, 7) is 0. The van der Waals surface area contributed by atoms with Gasteiger partial charge in [0.1, 0.15) is 0 Å². The largest absolute Gasteiger partial charge is 0.482 e. The van der Waals surface area contributed by atoms with Crippen molar-refractivity contribution in [2.75, 3.05) is 7.11 Å². The fourth-order valence-corrected chi connectivity index (χ4v) is 1.33. The van der Waals surface area contributed by atoms with Gasteiger partial charge in [-0.05, 0) is 22.6 Å². The average Bonchev–Trinajstić information content (AvgIpc) is 2.07. The fourth-order valence-electron chi connectivity index (χ4n) is 0.908. The van der Waals surface area contributed by atoms with Crippen LogP contribution in [0.3, 0.4) is 0 Å². The number of rotatable bonds is 1. The van der Waals surface area contributed by atoms with Gasteiger partial charge in [-0.2, -0.15) is 13.2 Å². The van der Waals surface area contributed by atoms with Crippen molar-refractivity contribution in [1.29, 1.82) is 0 Å². The maximum Gasteiger partial charge on any atom is 0.425 e. The Balaban J connectivity index is 3.52. The van der Waals surface area contributed by atoms with Gasteiger partial charge in [-0.15, -0.1) is 0 Å². The molecule has 14 heavy (non-hydrogen) atoms. The summed E-state index contributed by atoms with van der Waals surface area (Å²) in [7, 11) is 1.06. The van der Waals surface area contributed by atoms with E-state index in [0.29, 0.717) is 0 Å². The van der Waals surface area contributed by atoms with Crippen molar-refractivity contribution in [3.8, 4) is 5.88 Å². The minimum atomic E-state index is -4.71. The lowest BCUT2D eigenvalue weighted by atomic mass is 10.2. The third-order valence-electron chi connectivity index (χ3n) is 1.49. The minimum Gasteiger partial charge on any atom is -0.482 e. The number of hydrogen-bond donors (Lipinski definition) is 1. The summed E-state index contributed by atoms with van der Waals surface area (Å²) >= 11 is 1.52. The van der Waals surface area contributed by atoms with Gasteiger partial charge in [0, 0.05) is 6.20 Å². The molecule has 1 aromatic rings. The molecule has 3 nitrogen and oxygen atoms in total. The van der Waals surface area contributed by atoms with Gasteiger partial charge in [0.2, 0.25) is 11.3 Å². The quantitative estimate of drug-likeness (QED) is 0.805. The van der Waals surface area contributed by atoms with E-state index in [2.05, 4.69) is 9.72 Å². The van der Waals surface area contributed by atoms with Gasteiger partial charge < -0.3 is 9.72 Å². The second-order valence-electron chi connectivity index (χ2n) is 2.37. The standard InChI is InChI=1S/C7H5F3INO2/c1-14-6-4(7(8,9)10)5(13)3(11)2-12-6/h2H,1H3,(H,12,13). The zero-order chi connectivity index (χ0) is 10.9. The van der Waals surface area contributed by atoms with Crippen molar-refractivity contribution in [2.45, 2.75) is 6.18 Å². The molecule has 0 saturated carbocycles. The number of pyridine rings is 1. The lowest BCUT2D eigenvalue weighted by Crippen LogP contribution is -2.23. The molecule has 0 bridgehead atoms. The topological polar surface area (TPSA) is 42.1 Å². The highest BCUT2D eigenvalue weighted by molar-refractivity contribution is 14.1. The van der Waals surface area contributed by atoms with Crippen LogP contribution in [-0.4, -0.2) is 12.1 Å². The molecule has 0 aliphatic carbocycles. The summed E-state index contributed by atoms with van der Waals surface area (Å²) in [4.78, 5) is 13.4. The van der Waals surface area contributed by atoms with Crippen LogP contribution in [0.5, 0.6) is 5.88 Å². The number of H-pyrrole nitrogens is 1. The summed E-state index contributed by atoms with van der Waals surface area (Å²) in [6.07, 6.45) is -3.54. The first-order valence-electron chi connectivity index (χ1n) is 3.40. The summed E-state index contributed by atoms with van der Waals surface area (Å²) in [5, 5.41) is 0. The first kappa shape index (κ1) is 11.3. The van der Waals surface area contributed by atoms with E-state index < -0.39 is 23.0 Å². The van der Waals surface area contributed by atoms with Crippen LogP contribution < -0.4 is 10.2 Å². The number of aromatic amines is 1. The number of ether oxygens (including phenoxy) is 1. The van der Waals surface area contributed by atoms with Gasteiger partial charge in [0.15, 0.2) is 5.56 Å². The van der Waals surface area contributed by atoms with Crippen LogP contribution in [0.2, 0.25) is 0 Å². The highest BCUT2D eigenvalue weighted by Crippen LogP contribution is 2.32. The molecule has 78 valence electrons. The molecule has 1 heterocycles. The monoisotopic (exact) mass is 319 g/mol. The van der Waals surface area contributed by atoms with Gasteiger partial charge in [0.05, 0.1) is 10.7 Å². The van der Waals surface area contributed by atoms with Crippen molar-refractivity contribution in [3.05, 3.63) is 25.6 Å². The van der Waals surface area contributed by atoms with E-state index in [9.17, 15) is 18.0 Å². The Hall–Kier alpha value is -0.730. The van der Waals surface area contributed by atoms with Crippen LogP contribution in [0.15, 0.2) is 11.0 Å². The van der Waals surface area contributed by atoms with Crippen molar-refractivity contribution >= 4 is 22.6 Å². The molecular formula is C7H5F3INO2. The van der Waals surface area contributed by atoms with Gasteiger partial charge in [-0.3, -0.25) is 4.79 Å². The van der Waals surface area contributed by atoms with E-state index in [1.54, 1.807) is 0 Å². The minimum absolute atomic E-state index is 0.0317. The van der Waals surface area contributed by atoms with E-state index >= 15 is 0 Å². The third-order valence-corrected chi connectivity index (χ3v) is 2.29. The summed E-state index contributed by atoms with van der Waals surface area (Å²) in [5.41, 5.74) is -2.37. The lowest BCUT2D eigenvalue weighted by molar-refractivity contribution is -0.140. The van der Waals surface area contributed by atoms with Gasteiger partial charge in [0.25, 0.3) is 0 Å². The van der Waals surface area contributed by atoms with Gasteiger partial charge >= 0.3 is 6.18 Å². The Morgan fingerprint density at radius 3 is 2.50 bits per heavy atom. The summed E-state index contributed by atoms with van der Waals surface area (Å²) in [5.74, 6) is -0.567. The fraction of sp³-hybridized carbons (Fsp3) is 0.286. The Labute approximate surface area is 90.4 Å². The predicted molar refractivity (Wildman–Crippen MR) is 51.3 cm³/mol. The number of methoxy groups -OCH3 is 1. The van der Waals surface area contributed by atoms with E-state index in [4.69, 9.17) is 0 Å². The summed E-state index contributed by atoms with van der Waals surface area (Å²) in [6, 6.07) is 0. The van der Waals surface area contributed by atoms with E-state index in [1.807, 2.05) is 0 Å². The Bertz CT molecular complexity index is 399. The highest BCUT2D eigenvalue weighted by Gasteiger charge is 2.38. The van der Waals surface area contributed by atoms with Crippen molar-refractivity contribution < 1.29 is 17.9 Å². The van der Waals surface area contributed by atoms with Crippen LogP contribution in [0.1, 0.15) is 5.56 Å². The van der Waals surface area contributed by atoms with Crippen molar-refractivity contribution in [3.63, 3.8) is 0 Å². The number of aromatic nitrogens is 1. The average molecular weight is 319 g/mol. The lowest BCUT2D eigenvalue weighted by Gasteiger charge is -2.10.